The second-order valence-electron chi connectivity index (χ2n) is 1.73. The van der Waals surface area contributed by atoms with Crippen molar-refractivity contribution in [3.8, 4) is 0 Å². The van der Waals surface area contributed by atoms with Crippen molar-refractivity contribution in [3.05, 3.63) is 29.6 Å². The summed E-state index contributed by atoms with van der Waals surface area (Å²) in [6.07, 6.45) is 1.72. The van der Waals surface area contributed by atoms with E-state index in [1.54, 1.807) is 12.3 Å². The summed E-state index contributed by atoms with van der Waals surface area (Å²) in [5.41, 5.74) is 6.52. The van der Waals surface area contributed by atoms with Gasteiger partial charge in [-0.3, -0.25) is 0 Å². The van der Waals surface area contributed by atoms with E-state index in [9.17, 15) is 0 Å². The van der Waals surface area contributed by atoms with Crippen LogP contribution in [0.2, 0.25) is 5.02 Å². The molecule has 0 spiro atoms. The summed E-state index contributed by atoms with van der Waals surface area (Å²) < 4.78 is 0. The maximum Gasteiger partial charge on any atom is 0.0797 e. The Bertz CT molecular complexity index is 227. The number of H-pyrrole nitrogens is 1. The lowest BCUT2D eigenvalue weighted by atomic mass is 10.4. The molecule has 3 heteroatoms. The molecule has 0 aromatic carbocycles. The van der Waals surface area contributed by atoms with E-state index in [0.717, 1.165) is 0 Å². The third-order valence-corrected chi connectivity index (χ3v) is 1.33. The van der Waals surface area contributed by atoms with Gasteiger partial charge in [0, 0.05) is 11.9 Å². The minimum absolute atomic E-state index is 0.463. The molecule has 0 amide bonds. The molecule has 1 aromatic heterocycles. The topological polar surface area (TPSA) is 41.8 Å². The molecular formula is C6H7ClN2. The fourth-order valence-electron chi connectivity index (χ4n) is 0.597. The quantitative estimate of drug-likeness (QED) is 0.615. The summed E-state index contributed by atoms with van der Waals surface area (Å²) in [6.45, 7) is 3.52. The van der Waals surface area contributed by atoms with Crippen molar-refractivity contribution in [1.29, 1.82) is 0 Å². The van der Waals surface area contributed by atoms with Crippen LogP contribution in [0, 0.1) is 0 Å². The number of nitrogens with two attached hydrogens (primary N) is 1. The van der Waals surface area contributed by atoms with Crippen molar-refractivity contribution in [2.75, 3.05) is 0 Å². The highest BCUT2D eigenvalue weighted by atomic mass is 35.5. The number of aromatic nitrogens is 1. The van der Waals surface area contributed by atoms with Crippen LogP contribution >= 0.6 is 11.6 Å². The van der Waals surface area contributed by atoms with Gasteiger partial charge in [-0.05, 0) is 6.07 Å². The first kappa shape index (κ1) is 6.23. The van der Waals surface area contributed by atoms with Gasteiger partial charge >= 0.3 is 0 Å². The van der Waals surface area contributed by atoms with Crippen LogP contribution in [-0.2, 0) is 0 Å². The summed E-state index contributed by atoms with van der Waals surface area (Å²) in [4.78, 5) is 2.85. The van der Waals surface area contributed by atoms with Crippen molar-refractivity contribution in [3.63, 3.8) is 0 Å². The molecular weight excluding hydrogens is 136 g/mol. The van der Waals surface area contributed by atoms with Gasteiger partial charge in [-0.25, -0.2) is 0 Å². The second kappa shape index (κ2) is 2.15. The summed E-state index contributed by atoms with van der Waals surface area (Å²) in [5.74, 6) is 0. The van der Waals surface area contributed by atoms with Crippen LogP contribution in [0.1, 0.15) is 5.69 Å². The molecule has 0 fully saturated rings. The van der Waals surface area contributed by atoms with E-state index in [0.29, 0.717) is 16.4 Å². The summed E-state index contributed by atoms with van der Waals surface area (Å²) in [7, 11) is 0. The number of aromatic amines is 1. The average Bonchev–Trinajstić information content (AvgIpc) is 2.13. The van der Waals surface area contributed by atoms with Gasteiger partial charge in [0.1, 0.15) is 0 Å². The fourth-order valence-corrected chi connectivity index (χ4v) is 0.835. The van der Waals surface area contributed by atoms with E-state index in [1.165, 1.54) is 0 Å². The predicted octanol–water partition coefficient (Wildman–Crippen LogP) is 1.60. The molecule has 0 atom stereocenters. The van der Waals surface area contributed by atoms with Gasteiger partial charge in [-0.15, -0.1) is 0 Å². The summed E-state index contributed by atoms with van der Waals surface area (Å²) in [5, 5.41) is 0.613. The molecule has 0 bridgehead atoms. The number of nitrogens with one attached hydrogen (secondary N) is 1. The maximum absolute atomic E-state index is 5.66. The van der Waals surface area contributed by atoms with Crippen molar-refractivity contribution in [2.24, 2.45) is 5.73 Å². The Morgan fingerprint density at radius 2 is 2.44 bits per heavy atom. The molecule has 0 aliphatic carbocycles. The highest BCUT2D eigenvalue weighted by Gasteiger charge is 1.99. The smallest absolute Gasteiger partial charge is 0.0797 e. The molecule has 1 heterocycles. The van der Waals surface area contributed by atoms with E-state index in [1.807, 2.05) is 0 Å². The molecule has 0 aliphatic heterocycles. The zero-order chi connectivity index (χ0) is 6.85. The molecule has 0 unspecified atom stereocenters. The Balaban J connectivity index is 3.08. The highest BCUT2D eigenvalue weighted by molar-refractivity contribution is 6.32. The zero-order valence-corrected chi connectivity index (χ0v) is 5.57. The van der Waals surface area contributed by atoms with Crippen molar-refractivity contribution in [2.45, 2.75) is 0 Å². The summed E-state index contributed by atoms with van der Waals surface area (Å²) >= 11 is 5.66. The lowest BCUT2D eigenvalue weighted by molar-refractivity contribution is 1.33. The Morgan fingerprint density at radius 1 is 1.78 bits per heavy atom. The average molecular weight is 143 g/mol. The molecule has 1 rings (SSSR count). The number of hydrogen-bond acceptors (Lipinski definition) is 1. The van der Waals surface area contributed by atoms with Crippen LogP contribution in [0.15, 0.2) is 18.8 Å². The minimum atomic E-state index is 0.463. The molecule has 9 heavy (non-hydrogen) atoms. The Hall–Kier alpha value is -0.890. The normalized spacial score (nSPS) is 9.44. The van der Waals surface area contributed by atoms with Crippen LogP contribution in [-0.4, -0.2) is 4.98 Å². The zero-order valence-electron chi connectivity index (χ0n) is 4.82. The van der Waals surface area contributed by atoms with Gasteiger partial charge in [0.15, 0.2) is 0 Å². The molecule has 3 N–H and O–H groups in total. The van der Waals surface area contributed by atoms with Crippen molar-refractivity contribution in [1.82, 2.24) is 4.98 Å². The van der Waals surface area contributed by atoms with Crippen LogP contribution in [0.3, 0.4) is 0 Å². The Morgan fingerprint density at radius 3 is 2.67 bits per heavy atom. The second-order valence-corrected chi connectivity index (χ2v) is 2.13. The van der Waals surface area contributed by atoms with Crippen molar-refractivity contribution < 1.29 is 0 Å². The first-order chi connectivity index (χ1) is 4.22. The lowest BCUT2D eigenvalue weighted by Crippen LogP contribution is -1.93. The van der Waals surface area contributed by atoms with Gasteiger partial charge in [-0.1, -0.05) is 18.2 Å². The van der Waals surface area contributed by atoms with Crippen LogP contribution in [0.5, 0.6) is 0 Å². The third kappa shape index (κ3) is 1.08. The van der Waals surface area contributed by atoms with Crippen LogP contribution < -0.4 is 5.73 Å². The first-order valence-electron chi connectivity index (χ1n) is 2.49. The number of halogens is 1. The number of hydrogen-bond donors (Lipinski definition) is 2. The molecule has 0 aliphatic rings. The standard InChI is InChI=1S/C6H7ClN2/c1-4(8)6-5(7)2-3-9-6/h2-3,9H,1,8H2. The van der Waals surface area contributed by atoms with E-state index < -0.39 is 0 Å². The van der Waals surface area contributed by atoms with Gasteiger partial charge in [-0.2, -0.15) is 0 Å². The minimum Gasteiger partial charge on any atom is -0.397 e. The maximum atomic E-state index is 5.66. The molecule has 1 aromatic rings. The molecule has 0 saturated carbocycles. The van der Waals surface area contributed by atoms with E-state index in [2.05, 4.69) is 11.6 Å². The number of rotatable bonds is 1. The molecule has 2 nitrogen and oxygen atoms in total. The highest BCUT2D eigenvalue weighted by Crippen LogP contribution is 2.16. The monoisotopic (exact) mass is 142 g/mol. The molecule has 0 radical (unpaired) electrons. The van der Waals surface area contributed by atoms with E-state index in [-0.39, 0.29) is 0 Å². The van der Waals surface area contributed by atoms with Crippen molar-refractivity contribution >= 4 is 17.3 Å². The van der Waals surface area contributed by atoms with Gasteiger partial charge < -0.3 is 10.7 Å². The van der Waals surface area contributed by atoms with Gasteiger partial charge in [0.05, 0.1) is 10.7 Å². The van der Waals surface area contributed by atoms with Gasteiger partial charge in [0.2, 0.25) is 0 Å². The Kier molecular flexibility index (Phi) is 1.49. The fraction of sp³-hybridized carbons (Fsp3) is 0. The largest absolute Gasteiger partial charge is 0.397 e. The summed E-state index contributed by atoms with van der Waals surface area (Å²) in [6, 6.07) is 1.73. The van der Waals surface area contributed by atoms with Crippen LogP contribution in [0.25, 0.3) is 5.70 Å². The van der Waals surface area contributed by atoms with E-state index in [4.69, 9.17) is 17.3 Å². The Labute approximate surface area is 58.3 Å². The van der Waals surface area contributed by atoms with E-state index >= 15 is 0 Å². The van der Waals surface area contributed by atoms with Gasteiger partial charge in [0.25, 0.3) is 0 Å². The lowest BCUT2D eigenvalue weighted by Gasteiger charge is -1.93. The van der Waals surface area contributed by atoms with Crippen LogP contribution in [0.4, 0.5) is 0 Å². The predicted molar refractivity (Wildman–Crippen MR) is 39.0 cm³/mol. The third-order valence-electron chi connectivity index (χ3n) is 1.02. The first-order valence-corrected chi connectivity index (χ1v) is 2.87. The SMILES string of the molecule is C=C(N)c1[nH]ccc1Cl. The molecule has 48 valence electrons. The molecule has 0 saturated heterocycles.